The van der Waals surface area contributed by atoms with E-state index < -0.39 is 0 Å². The fraction of sp³-hybridized carbons (Fsp3) is 0.500. The number of amides is 1. The lowest BCUT2D eigenvalue weighted by Crippen LogP contribution is -2.38. The summed E-state index contributed by atoms with van der Waals surface area (Å²) in [6, 6.07) is 9.75. The second kappa shape index (κ2) is 8.85. The molecule has 26 heavy (non-hydrogen) atoms. The maximum absolute atomic E-state index is 12.7. The van der Waals surface area contributed by atoms with Crippen LogP contribution in [0.5, 0.6) is 5.75 Å². The summed E-state index contributed by atoms with van der Waals surface area (Å²) < 4.78 is 7.56. The first kappa shape index (κ1) is 18.5. The van der Waals surface area contributed by atoms with Crippen molar-refractivity contribution in [3.63, 3.8) is 0 Å². The van der Waals surface area contributed by atoms with Crippen molar-refractivity contribution in [2.75, 3.05) is 26.2 Å². The molecule has 3 rings (SSSR count). The number of benzene rings is 1. The minimum atomic E-state index is -0.177. The molecule has 1 unspecified atom stereocenters. The lowest BCUT2D eigenvalue weighted by molar-refractivity contribution is 0.0934. The summed E-state index contributed by atoms with van der Waals surface area (Å²) in [5.74, 6) is 1.20. The van der Waals surface area contributed by atoms with Crippen LogP contribution in [0.4, 0.5) is 0 Å². The topological polar surface area (TPSA) is 68.2 Å². The highest BCUT2D eigenvalue weighted by molar-refractivity contribution is 5.95. The molecule has 0 spiro atoms. The number of nitrogens with one attached hydrogen (secondary N) is 2. The van der Waals surface area contributed by atoms with Gasteiger partial charge < -0.3 is 15.4 Å². The smallest absolute Gasteiger partial charge is 0.275 e. The van der Waals surface area contributed by atoms with Crippen LogP contribution in [0.1, 0.15) is 37.2 Å². The Labute approximate surface area is 154 Å². The highest BCUT2D eigenvalue weighted by Gasteiger charge is 2.21. The molecule has 6 heteroatoms. The predicted octanol–water partition coefficient (Wildman–Crippen LogP) is 2.64. The summed E-state index contributed by atoms with van der Waals surface area (Å²) in [5, 5.41) is 10.9. The van der Waals surface area contributed by atoms with Gasteiger partial charge in [0, 0.05) is 6.54 Å². The van der Waals surface area contributed by atoms with Crippen LogP contribution in [0, 0.1) is 11.8 Å². The van der Waals surface area contributed by atoms with Gasteiger partial charge in [-0.2, -0.15) is 5.10 Å². The van der Waals surface area contributed by atoms with Gasteiger partial charge >= 0.3 is 0 Å². The van der Waals surface area contributed by atoms with Gasteiger partial charge in [-0.25, -0.2) is 4.68 Å². The summed E-state index contributed by atoms with van der Waals surface area (Å²) in [4.78, 5) is 12.7. The average Bonchev–Trinajstić information content (AvgIpc) is 3.10. The Morgan fingerprint density at radius 3 is 2.88 bits per heavy atom. The van der Waals surface area contributed by atoms with Gasteiger partial charge in [0.05, 0.1) is 18.5 Å². The van der Waals surface area contributed by atoms with E-state index in [4.69, 9.17) is 4.74 Å². The minimum absolute atomic E-state index is 0.177. The average molecular weight is 356 g/mol. The number of nitrogens with zero attached hydrogens (tertiary/aromatic N) is 2. The molecule has 0 saturated carbocycles. The molecule has 0 aliphatic carbocycles. The van der Waals surface area contributed by atoms with Crippen LogP contribution in [0.25, 0.3) is 5.69 Å². The summed E-state index contributed by atoms with van der Waals surface area (Å²) in [7, 11) is 0. The number of ether oxygens (including phenoxy) is 1. The number of hydrogen-bond donors (Lipinski definition) is 2. The first-order valence-electron chi connectivity index (χ1n) is 9.40. The molecule has 1 aliphatic rings. The Hall–Kier alpha value is -2.34. The molecule has 1 fully saturated rings. The first-order valence-corrected chi connectivity index (χ1v) is 9.40. The van der Waals surface area contributed by atoms with Gasteiger partial charge in [0.25, 0.3) is 5.91 Å². The lowest BCUT2D eigenvalue weighted by Gasteiger charge is -2.22. The largest absolute Gasteiger partial charge is 0.489 e. The molecular formula is C20H28N4O2. The molecule has 2 N–H and O–H groups in total. The second-order valence-electron chi connectivity index (χ2n) is 7.25. The quantitative estimate of drug-likeness (QED) is 0.800. The first-order chi connectivity index (χ1) is 12.6. The zero-order valence-corrected chi connectivity index (χ0v) is 15.6. The van der Waals surface area contributed by atoms with Gasteiger partial charge in [-0.05, 0) is 49.9 Å². The van der Waals surface area contributed by atoms with E-state index in [-0.39, 0.29) is 5.91 Å². The van der Waals surface area contributed by atoms with E-state index in [1.165, 1.54) is 0 Å². The monoisotopic (exact) mass is 356 g/mol. The second-order valence-corrected chi connectivity index (χ2v) is 7.25. The highest BCUT2D eigenvalue weighted by Crippen LogP contribution is 2.21. The number of hydrogen-bond acceptors (Lipinski definition) is 4. The van der Waals surface area contributed by atoms with Crippen molar-refractivity contribution in [1.29, 1.82) is 0 Å². The molecule has 1 aromatic heterocycles. The fourth-order valence-electron chi connectivity index (χ4n) is 3.01. The van der Waals surface area contributed by atoms with Gasteiger partial charge in [-0.3, -0.25) is 4.79 Å². The van der Waals surface area contributed by atoms with Crippen LogP contribution in [0.2, 0.25) is 0 Å². The molecule has 140 valence electrons. The molecule has 1 aromatic carbocycles. The van der Waals surface area contributed by atoms with Gasteiger partial charge in [0.2, 0.25) is 0 Å². The van der Waals surface area contributed by atoms with Crippen molar-refractivity contribution in [3.8, 4) is 11.4 Å². The Bertz CT molecular complexity index is 706. The Morgan fingerprint density at radius 1 is 1.38 bits per heavy atom. The van der Waals surface area contributed by atoms with E-state index in [0.29, 0.717) is 36.4 Å². The standard InChI is InChI=1S/C20H28N4O2/c1-15(2)14-26-18-13-24(17-8-4-3-5-9-17)23-19(18)20(25)22-12-16-7-6-10-21-11-16/h3-5,8-9,13,15-16,21H,6-7,10-12,14H2,1-2H3,(H,22,25). The normalized spacial score (nSPS) is 17.3. The molecule has 1 aliphatic heterocycles. The van der Waals surface area contributed by atoms with Crippen LogP contribution in [-0.4, -0.2) is 41.9 Å². The molecule has 0 bridgehead atoms. The number of aromatic nitrogens is 2. The van der Waals surface area contributed by atoms with Gasteiger partial charge in [0.15, 0.2) is 11.4 Å². The maximum Gasteiger partial charge on any atom is 0.275 e. The SMILES string of the molecule is CC(C)COc1cn(-c2ccccc2)nc1C(=O)NCC1CCCNC1. The Kier molecular flexibility index (Phi) is 6.28. The Balaban J connectivity index is 1.74. The lowest BCUT2D eigenvalue weighted by atomic mass is 10.00. The number of rotatable bonds is 7. The molecule has 0 radical (unpaired) electrons. The number of carbonyl (C=O) groups excluding carboxylic acids is 1. The van der Waals surface area contributed by atoms with Crippen LogP contribution >= 0.6 is 0 Å². The third kappa shape index (κ3) is 4.85. The predicted molar refractivity (Wildman–Crippen MR) is 102 cm³/mol. The van der Waals surface area contributed by atoms with Crippen molar-refractivity contribution in [2.45, 2.75) is 26.7 Å². The molecule has 6 nitrogen and oxygen atoms in total. The zero-order chi connectivity index (χ0) is 18.4. The van der Waals surface area contributed by atoms with Gasteiger partial charge in [-0.15, -0.1) is 0 Å². The molecule has 1 atom stereocenters. The highest BCUT2D eigenvalue weighted by atomic mass is 16.5. The summed E-state index contributed by atoms with van der Waals surface area (Å²) in [6.07, 6.45) is 4.09. The van der Waals surface area contributed by atoms with E-state index in [0.717, 1.165) is 31.6 Å². The maximum atomic E-state index is 12.7. The van der Waals surface area contributed by atoms with E-state index in [1.807, 2.05) is 30.3 Å². The van der Waals surface area contributed by atoms with Crippen LogP contribution in [0.3, 0.4) is 0 Å². The van der Waals surface area contributed by atoms with Crippen molar-refractivity contribution in [2.24, 2.45) is 11.8 Å². The molecular weight excluding hydrogens is 328 g/mol. The van der Waals surface area contributed by atoms with E-state index in [1.54, 1.807) is 10.9 Å². The van der Waals surface area contributed by atoms with Crippen molar-refractivity contribution in [3.05, 3.63) is 42.2 Å². The number of carbonyl (C=O) groups is 1. The van der Waals surface area contributed by atoms with E-state index in [9.17, 15) is 4.79 Å². The third-order valence-corrected chi connectivity index (χ3v) is 4.44. The van der Waals surface area contributed by atoms with Crippen molar-refractivity contribution in [1.82, 2.24) is 20.4 Å². The van der Waals surface area contributed by atoms with Gasteiger partial charge in [-0.1, -0.05) is 32.0 Å². The molecule has 2 heterocycles. The van der Waals surface area contributed by atoms with Crippen molar-refractivity contribution < 1.29 is 9.53 Å². The van der Waals surface area contributed by atoms with Crippen molar-refractivity contribution >= 4 is 5.91 Å². The third-order valence-electron chi connectivity index (χ3n) is 4.44. The van der Waals surface area contributed by atoms with E-state index in [2.05, 4.69) is 29.6 Å². The summed E-state index contributed by atoms with van der Waals surface area (Å²) >= 11 is 0. The Morgan fingerprint density at radius 2 is 2.19 bits per heavy atom. The van der Waals surface area contributed by atoms with Gasteiger partial charge in [0.1, 0.15) is 0 Å². The molecule has 2 aromatic rings. The summed E-state index contributed by atoms with van der Waals surface area (Å²) in [6.45, 7) is 7.39. The van der Waals surface area contributed by atoms with Crippen LogP contribution in [-0.2, 0) is 0 Å². The van der Waals surface area contributed by atoms with Crippen LogP contribution in [0.15, 0.2) is 36.5 Å². The number of piperidine rings is 1. The number of para-hydroxylation sites is 1. The van der Waals surface area contributed by atoms with Crippen LogP contribution < -0.4 is 15.4 Å². The van der Waals surface area contributed by atoms with E-state index >= 15 is 0 Å². The fourth-order valence-corrected chi connectivity index (χ4v) is 3.01. The molecule has 1 saturated heterocycles. The molecule has 1 amide bonds. The zero-order valence-electron chi connectivity index (χ0n) is 15.6. The minimum Gasteiger partial charge on any atom is -0.489 e. The summed E-state index contributed by atoms with van der Waals surface area (Å²) in [5.41, 5.74) is 1.25.